The fourth-order valence-corrected chi connectivity index (χ4v) is 12.3. The number of fused-ring (bicyclic) bond motifs is 15. The molecule has 0 saturated heterocycles. The van der Waals surface area contributed by atoms with Crippen LogP contribution in [-0.4, -0.2) is 41.1 Å². The third-order valence-corrected chi connectivity index (χ3v) is 14.9. The summed E-state index contributed by atoms with van der Waals surface area (Å²) in [4.78, 5) is 9.85. The van der Waals surface area contributed by atoms with E-state index in [4.69, 9.17) is 21.4 Å². The predicted octanol–water partition coefficient (Wildman–Crippen LogP) is 6.71. The van der Waals surface area contributed by atoms with Gasteiger partial charge < -0.3 is 11.5 Å². The Morgan fingerprint density at radius 1 is 0.397 bits per heavy atom. The first-order valence-electron chi connectivity index (χ1n) is 22.2. The number of nitrogens with zero attached hydrogens (tertiary/aromatic N) is 3. The molecule has 2 aromatic heterocycles. The van der Waals surface area contributed by atoms with Gasteiger partial charge in [0.1, 0.15) is 0 Å². The van der Waals surface area contributed by atoms with E-state index >= 15 is 0 Å². The van der Waals surface area contributed by atoms with Crippen molar-refractivity contribution in [3.8, 4) is 50.5 Å². The molecular formula is C56H39B2N5. The maximum atomic E-state index is 6.52. The number of nitrogens with two attached hydrogens (primary N) is 2. The van der Waals surface area contributed by atoms with E-state index in [9.17, 15) is 0 Å². The molecule has 2 aliphatic carbocycles. The van der Waals surface area contributed by atoms with Crippen LogP contribution in [0.3, 0.4) is 0 Å². The van der Waals surface area contributed by atoms with Crippen LogP contribution in [0.2, 0.25) is 0 Å². The molecule has 294 valence electrons. The van der Waals surface area contributed by atoms with Gasteiger partial charge in [-0.15, -0.1) is 0 Å². The molecule has 4 aliphatic rings. The van der Waals surface area contributed by atoms with Gasteiger partial charge in [0.05, 0.1) is 11.0 Å². The summed E-state index contributed by atoms with van der Waals surface area (Å²) in [7, 11) is 0. The van der Waals surface area contributed by atoms with E-state index in [0.717, 1.165) is 11.0 Å². The zero-order valence-electron chi connectivity index (χ0n) is 34.5. The molecule has 0 fully saturated rings. The molecule has 2 aliphatic heterocycles. The van der Waals surface area contributed by atoms with Crippen molar-refractivity contribution >= 4 is 68.0 Å². The summed E-state index contributed by atoms with van der Waals surface area (Å²) in [5, 5.41) is 2.40. The van der Waals surface area contributed by atoms with Gasteiger partial charge in [-0.3, -0.25) is 4.57 Å². The molecule has 4 N–H and O–H groups in total. The molecule has 14 rings (SSSR count). The lowest BCUT2D eigenvalue weighted by atomic mass is 9.38. The van der Waals surface area contributed by atoms with Crippen molar-refractivity contribution < 1.29 is 0 Å². The van der Waals surface area contributed by atoms with Crippen molar-refractivity contribution in [1.29, 1.82) is 0 Å². The van der Waals surface area contributed by atoms with E-state index < -0.39 is 0 Å². The molecule has 0 spiro atoms. The van der Waals surface area contributed by atoms with Crippen molar-refractivity contribution in [3.05, 3.63) is 198 Å². The van der Waals surface area contributed by atoms with Crippen molar-refractivity contribution in [2.24, 2.45) is 11.5 Å². The van der Waals surface area contributed by atoms with E-state index in [1.807, 2.05) is 18.5 Å². The Morgan fingerprint density at radius 3 is 1.30 bits per heavy atom. The Labute approximate surface area is 366 Å². The monoisotopic (exact) mass is 803 g/mol. The van der Waals surface area contributed by atoms with Crippen molar-refractivity contribution in [2.75, 3.05) is 13.1 Å². The van der Waals surface area contributed by atoms with Crippen LogP contribution in [0, 0.1) is 0 Å². The Hall–Kier alpha value is -7.31. The van der Waals surface area contributed by atoms with Crippen molar-refractivity contribution in [2.45, 2.75) is 11.8 Å². The minimum Gasteiger partial charge on any atom is -0.330 e. The average molecular weight is 804 g/mol. The first kappa shape index (κ1) is 35.3. The third-order valence-electron chi connectivity index (χ3n) is 14.9. The molecule has 0 amide bonds. The second-order valence-electron chi connectivity index (χ2n) is 17.8. The molecule has 63 heavy (non-hydrogen) atoms. The molecule has 4 heterocycles. The maximum absolute atomic E-state index is 6.52. The Balaban J connectivity index is 0.993. The van der Waals surface area contributed by atoms with Gasteiger partial charge in [-0.1, -0.05) is 166 Å². The molecule has 2 unspecified atom stereocenters. The largest absolute Gasteiger partial charge is 0.330 e. The highest BCUT2D eigenvalue weighted by molar-refractivity contribution is 7.00. The quantitative estimate of drug-likeness (QED) is 0.190. The van der Waals surface area contributed by atoms with Crippen molar-refractivity contribution in [1.82, 2.24) is 14.5 Å². The van der Waals surface area contributed by atoms with Gasteiger partial charge in [0.25, 0.3) is 0 Å². The number of hydrogen-bond acceptors (Lipinski definition) is 4. The maximum Gasteiger partial charge on any atom is 0.242 e. The Morgan fingerprint density at radius 2 is 0.825 bits per heavy atom. The molecule has 8 aromatic carbocycles. The second-order valence-corrected chi connectivity index (χ2v) is 17.8. The topological polar surface area (TPSA) is 82.8 Å². The van der Waals surface area contributed by atoms with Crippen LogP contribution in [0.4, 0.5) is 0 Å². The molecule has 10 aromatic rings. The average Bonchev–Trinajstić information content (AvgIpc) is 4.11. The van der Waals surface area contributed by atoms with E-state index in [1.54, 1.807) is 0 Å². The van der Waals surface area contributed by atoms with E-state index in [2.05, 4.69) is 162 Å². The van der Waals surface area contributed by atoms with Gasteiger partial charge in [-0.25, -0.2) is 9.97 Å². The van der Waals surface area contributed by atoms with Crippen LogP contribution in [0.5, 0.6) is 0 Å². The van der Waals surface area contributed by atoms with Crippen molar-refractivity contribution in [3.63, 3.8) is 0 Å². The van der Waals surface area contributed by atoms with Gasteiger partial charge in [-0.2, -0.15) is 0 Å². The molecule has 0 bridgehead atoms. The summed E-state index contributed by atoms with van der Waals surface area (Å²) < 4.78 is 2.30. The summed E-state index contributed by atoms with van der Waals surface area (Å²) in [6, 6.07) is 61.4. The summed E-state index contributed by atoms with van der Waals surface area (Å²) in [6.07, 6.45) is 3.70. The fraction of sp³-hybridized carbons (Fsp3) is 0.0714. The second kappa shape index (κ2) is 13.1. The van der Waals surface area contributed by atoms with Crippen LogP contribution >= 0.6 is 0 Å². The summed E-state index contributed by atoms with van der Waals surface area (Å²) in [5.74, 6) is 1.02. The summed E-state index contributed by atoms with van der Waals surface area (Å²) in [6.45, 7) is 1.27. The standard InChI is InChI=1S/C56H39B2N5/c59-30-48-36-12-3-1-10-34(36)38-20-18-32(24-42(38)48)57-50-16-7-5-14-40(50)44-26-46-47-27-45-41-15-6-8-17-51(41)58(33-19-21-39-35-11-2-4-13-37(35)49(31-60)43(39)25-33)53(45)29-55(47)63(54(46)28-52(44)57)56-61-22-9-23-62-56/h1-29,48-49H,30-31,59-60H2. The smallest absolute Gasteiger partial charge is 0.242 e. The highest BCUT2D eigenvalue weighted by Gasteiger charge is 2.39. The Bertz CT molecular complexity index is 3380. The SMILES string of the molecule is NCC1c2ccccc2-c2ccc(B3c4ccccc4-c4cc5c6cc7c(cc6n(-c6ncccn6)c5cc43)B(c3ccc4c(c3)C(CN)c3ccccc3-4)c3ccccc3-7)cc21. The molecule has 2 atom stereocenters. The molecule has 7 heteroatoms. The van der Waals surface area contributed by atoms with Gasteiger partial charge in [0.2, 0.25) is 19.4 Å². The van der Waals surface area contributed by atoms with Gasteiger partial charge in [0, 0.05) is 48.1 Å². The van der Waals surface area contributed by atoms with Crippen LogP contribution in [0.1, 0.15) is 34.1 Å². The molecule has 0 saturated carbocycles. The van der Waals surface area contributed by atoms with Crippen LogP contribution < -0.4 is 44.2 Å². The van der Waals surface area contributed by atoms with Crippen LogP contribution in [0.25, 0.3) is 72.3 Å². The lowest BCUT2D eigenvalue weighted by molar-refractivity contribution is 0.842. The van der Waals surface area contributed by atoms with Gasteiger partial charge in [-0.05, 0) is 97.1 Å². The lowest BCUT2D eigenvalue weighted by Crippen LogP contribution is -2.49. The van der Waals surface area contributed by atoms with E-state index in [-0.39, 0.29) is 25.3 Å². The molecular weight excluding hydrogens is 764 g/mol. The minimum atomic E-state index is 0.0562. The third kappa shape index (κ3) is 4.76. The summed E-state index contributed by atoms with van der Waals surface area (Å²) in [5.41, 5.74) is 38.7. The predicted molar refractivity (Wildman–Crippen MR) is 262 cm³/mol. The van der Waals surface area contributed by atoms with Crippen LogP contribution in [0.15, 0.2) is 176 Å². The first-order chi connectivity index (χ1) is 31.2. The zero-order valence-corrected chi connectivity index (χ0v) is 34.5. The van der Waals surface area contributed by atoms with E-state index in [0.29, 0.717) is 19.0 Å². The number of benzene rings is 8. The molecule has 0 radical (unpaired) electrons. The number of hydrogen-bond donors (Lipinski definition) is 2. The number of rotatable bonds is 5. The fourth-order valence-electron chi connectivity index (χ4n) is 12.3. The van der Waals surface area contributed by atoms with E-state index in [1.165, 1.54) is 110 Å². The molecule has 5 nitrogen and oxygen atoms in total. The minimum absolute atomic E-state index is 0.0562. The summed E-state index contributed by atoms with van der Waals surface area (Å²) >= 11 is 0. The van der Waals surface area contributed by atoms with Gasteiger partial charge in [0.15, 0.2) is 0 Å². The normalized spacial score (nSPS) is 15.8. The highest BCUT2D eigenvalue weighted by Crippen LogP contribution is 2.46. The first-order valence-corrected chi connectivity index (χ1v) is 22.2. The Kier molecular flexibility index (Phi) is 7.34. The van der Waals surface area contributed by atoms with Gasteiger partial charge >= 0.3 is 0 Å². The number of aromatic nitrogens is 3. The lowest BCUT2D eigenvalue weighted by Gasteiger charge is -2.16. The van der Waals surface area contributed by atoms with Crippen LogP contribution in [-0.2, 0) is 0 Å². The highest BCUT2D eigenvalue weighted by atomic mass is 15.1. The zero-order chi connectivity index (χ0) is 41.5.